The Labute approximate surface area is 117 Å². The second kappa shape index (κ2) is 7.16. The van der Waals surface area contributed by atoms with Crippen molar-refractivity contribution in [3.8, 4) is 5.75 Å². The van der Waals surface area contributed by atoms with E-state index in [0.717, 1.165) is 5.56 Å². The summed E-state index contributed by atoms with van der Waals surface area (Å²) in [5, 5.41) is 11.7. The molecule has 0 saturated carbocycles. The molecule has 4 N–H and O–H groups in total. The number of hydrogen-bond donors (Lipinski definition) is 4. The summed E-state index contributed by atoms with van der Waals surface area (Å²) >= 11 is 4.00. The summed E-state index contributed by atoms with van der Waals surface area (Å²) in [4.78, 5) is 23.0. The highest BCUT2D eigenvalue weighted by Crippen LogP contribution is 2.10. The van der Waals surface area contributed by atoms with Crippen molar-refractivity contribution in [2.24, 2.45) is 5.73 Å². The average Bonchev–Trinajstić information content (AvgIpc) is 2.37. The Morgan fingerprint density at radius 1 is 1.37 bits per heavy atom. The number of ketones is 1. The first-order valence-electron chi connectivity index (χ1n) is 5.89. The van der Waals surface area contributed by atoms with Gasteiger partial charge >= 0.3 is 0 Å². The van der Waals surface area contributed by atoms with Crippen LogP contribution in [-0.4, -0.2) is 34.6 Å². The number of thiol groups is 1. The third-order valence-corrected chi connectivity index (χ3v) is 3.08. The van der Waals surface area contributed by atoms with Crippen molar-refractivity contribution in [3.63, 3.8) is 0 Å². The topological polar surface area (TPSA) is 92.4 Å². The average molecular weight is 282 g/mol. The molecule has 6 heteroatoms. The van der Waals surface area contributed by atoms with Gasteiger partial charge in [-0.05, 0) is 31.0 Å². The molecular formula is C13H18N2O3S. The first kappa shape index (κ1) is 15.5. The number of phenols is 1. The number of nitrogens with one attached hydrogen (secondary N) is 1. The summed E-state index contributed by atoms with van der Waals surface area (Å²) in [7, 11) is 0. The van der Waals surface area contributed by atoms with E-state index in [1.807, 2.05) is 0 Å². The number of carbonyl (C=O) groups excluding carboxylic acids is 2. The maximum Gasteiger partial charge on any atom is 0.237 e. The molecule has 0 fully saturated rings. The molecule has 1 rings (SSSR count). The fourth-order valence-corrected chi connectivity index (χ4v) is 1.88. The van der Waals surface area contributed by atoms with Crippen LogP contribution >= 0.6 is 12.6 Å². The summed E-state index contributed by atoms with van der Waals surface area (Å²) < 4.78 is 0. The maximum absolute atomic E-state index is 11.8. The van der Waals surface area contributed by atoms with Gasteiger partial charge in [0, 0.05) is 5.75 Å². The van der Waals surface area contributed by atoms with Crippen LogP contribution in [0.15, 0.2) is 24.3 Å². The van der Waals surface area contributed by atoms with Gasteiger partial charge in [-0.15, -0.1) is 0 Å². The first-order chi connectivity index (χ1) is 8.93. The Bertz CT molecular complexity index is 448. The molecule has 104 valence electrons. The normalized spacial score (nSPS) is 13.6. The number of nitrogens with two attached hydrogens (primary N) is 1. The third kappa shape index (κ3) is 4.92. The van der Waals surface area contributed by atoms with E-state index < -0.39 is 12.1 Å². The Kier molecular flexibility index (Phi) is 5.85. The van der Waals surface area contributed by atoms with Crippen molar-refractivity contribution in [1.82, 2.24) is 5.32 Å². The number of amides is 1. The standard InChI is InChI=1S/C13H18N2O3S/c1-8(16)12(7-19)15-13(18)11(14)6-9-2-4-10(17)5-3-9/h2-5,11-12,17,19H,6-7,14H2,1H3,(H,15,18)/t11-,12-/m0/s1. The van der Waals surface area contributed by atoms with Crippen LogP contribution < -0.4 is 11.1 Å². The van der Waals surface area contributed by atoms with E-state index in [1.165, 1.54) is 19.1 Å². The second-order valence-corrected chi connectivity index (χ2v) is 4.70. The van der Waals surface area contributed by atoms with Gasteiger partial charge in [-0.3, -0.25) is 9.59 Å². The zero-order chi connectivity index (χ0) is 14.4. The van der Waals surface area contributed by atoms with Crippen molar-refractivity contribution in [3.05, 3.63) is 29.8 Å². The fraction of sp³-hybridized carbons (Fsp3) is 0.385. The molecule has 1 aromatic rings. The molecular weight excluding hydrogens is 264 g/mol. The minimum Gasteiger partial charge on any atom is -0.508 e. The molecule has 1 aromatic carbocycles. The van der Waals surface area contributed by atoms with Gasteiger partial charge in [0.05, 0.1) is 12.1 Å². The molecule has 0 bridgehead atoms. The second-order valence-electron chi connectivity index (χ2n) is 4.33. The number of benzene rings is 1. The minimum atomic E-state index is -0.744. The molecule has 0 aliphatic heterocycles. The van der Waals surface area contributed by atoms with Crippen molar-refractivity contribution >= 4 is 24.3 Å². The van der Waals surface area contributed by atoms with E-state index in [4.69, 9.17) is 10.8 Å². The molecule has 0 heterocycles. The molecule has 0 aliphatic carbocycles. The Balaban J connectivity index is 2.57. The summed E-state index contributed by atoms with van der Waals surface area (Å²) in [5.74, 6) is -0.136. The Morgan fingerprint density at radius 3 is 2.42 bits per heavy atom. The number of rotatable bonds is 6. The minimum absolute atomic E-state index is 0.153. The zero-order valence-corrected chi connectivity index (χ0v) is 11.6. The van der Waals surface area contributed by atoms with E-state index in [0.29, 0.717) is 6.42 Å². The number of phenolic OH excluding ortho intramolecular Hbond substituents is 1. The third-order valence-electron chi connectivity index (χ3n) is 2.72. The molecule has 0 unspecified atom stereocenters. The monoisotopic (exact) mass is 282 g/mol. The summed E-state index contributed by atoms with van der Waals surface area (Å²) in [6, 6.07) is 5.11. The van der Waals surface area contributed by atoms with Crippen LogP contribution in [-0.2, 0) is 16.0 Å². The summed E-state index contributed by atoms with van der Waals surface area (Å²) in [6.45, 7) is 1.40. The van der Waals surface area contributed by atoms with Crippen LogP contribution in [0, 0.1) is 0 Å². The van der Waals surface area contributed by atoms with Crippen LogP contribution in [0.3, 0.4) is 0 Å². The molecule has 5 nitrogen and oxygen atoms in total. The number of Topliss-reactive ketones (excluding diaryl/α,β-unsaturated/α-hetero) is 1. The van der Waals surface area contributed by atoms with Gasteiger partial charge in [-0.2, -0.15) is 12.6 Å². The Hall–Kier alpha value is -1.53. The van der Waals surface area contributed by atoms with Crippen molar-refractivity contribution in [2.75, 3.05) is 5.75 Å². The predicted molar refractivity (Wildman–Crippen MR) is 76.3 cm³/mol. The van der Waals surface area contributed by atoms with Gasteiger partial charge in [0.1, 0.15) is 5.75 Å². The van der Waals surface area contributed by atoms with Crippen LogP contribution in [0.25, 0.3) is 0 Å². The van der Waals surface area contributed by atoms with E-state index in [-0.39, 0.29) is 23.2 Å². The van der Waals surface area contributed by atoms with Gasteiger partial charge < -0.3 is 16.2 Å². The van der Waals surface area contributed by atoms with E-state index >= 15 is 0 Å². The fourth-order valence-electron chi connectivity index (χ4n) is 1.53. The highest BCUT2D eigenvalue weighted by Gasteiger charge is 2.20. The van der Waals surface area contributed by atoms with Gasteiger partial charge in [0.15, 0.2) is 5.78 Å². The predicted octanol–water partition coefficient (Wildman–Crippen LogP) is 0.266. The van der Waals surface area contributed by atoms with Gasteiger partial charge in [0.2, 0.25) is 5.91 Å². The number of aromatic hydroxyl groups is 1. The van der Waals surface area contributed by atoms with Gasteiger partial charge in [-0.25, -0.2) is 0 Å². The lowest BCUT2D eigenvalue weighted by molar-refractivity contribution is -0.127. The van der Waals surface area contributed by atoms with Crippen molar-refractivity contribution in [1.29, 1.82) is 0 Å². The van der Waals surface area contributed by atoms with Gasteiger partial charge in [-0.1, -0.05) is 12.1 Å². The SMILES string of the molecule is CC(=O)[C@H](CS)NC(=O)[C@@H](N)Cc1ccc(O)cc1. The van der Waals surface area contributed by atoms with Crippen molar-refractivity contribution < 1.29 is 14.7 Å². The smallest absolute Gasteiger partial charge is 0.237 e. The molecule has 0 saturated heterocycles. The molecule has 0 spiro atoms. The van der Waals surface area contributed by atoms with E-state index in [1.54, 1.807) is 12.1 Å². The molecule has 19 heavy (non-hydrogen) atoms. The first-order valence-corrected chi connectivity index (χ1v) is 6.52. The van der Waals surface area contributed by atoms with Crippen LogP contribution in [0.4, 0.5) is 0 Å². The summed E-state index contributed by atoms with van der Waals surface area (Å²) in [6.07, 6.45) is 0.337. The molecule has 2 atom stereocenters. The summed E-state index contributed by atoms with van der Waals surface area (Å²) in [5.41, 5.74) is 6.62. The number of hydrogen-bond acceptors (Lipinski definition) is 5. The number of carbonyl (C=O) groups is 2. The highest BCUT2D eigenvalue weighted by atomic mass is 32.1. The van der Waals surface area contributed by atoms with E-state index in [2.05, 4.69) is 17.9 Å². The van der Waals surface area contributed by atoms with Gasteiger partial charge in [0.25, 0.3) is 0 Å². The lowest BCUT2D eigenvalue weighted by atomic mass is 10.1. The van der Waals surface area contributed by atoms with Crippen LogP contribution in [0.1, 0.15) is 12.5 Å². The largest absolute Gasteiger partial charge is 0.508 e. The zero-order valence-electron chi connectivity index (χ0n) is 10.7. The van der Waals surface area contributed by atoms with Crippen molar-refractivity contribution in [2.45, 2.75) is 25.4 Å². The maximum atomic E-state index is 11.8. The van der Waals surface area contributed by atoms with E-state index in [9.17, 15) is 9.59 Å². The Morgan fingerprint density at radius 2 is 1.95 bits per heavy atom. The van der Waals surface area contributed by atoms with Crippen LogP contribution in [0.2, 0.25) is 0 Å². The lowest BCUT2D eigenvalue weighted by Crippen LogP contribution is -2.49. The lowest BCUT2D eigenvalue weighted by Gasteiger charge is -2.17. The molecule has 0 aliphatic rings. The molecule has 1 amide bonds. The van der Waals surface area contributed by atoms with Crippen LogP contribution in [0.5, 0.6) is 5.75 Å². The quantitative estimate of drug-likeness (QED) is 0.563. The molecule has 0 aromatic heterocycles. The molecule has 0 radical (unpaired) electrons. The highest BCUT2D eigenvalue weighted by molar-refractivity contribution is 7.80.